The largest absolute Gasteiger partial charge is 0.440 e. The number of benzene rings is 2. The first kappa shape index (κ1) is 23.8. The van der Waals surface area contributed by atoms with Gasteiger partial charge in [-0.2, -0.15) is 0 Å². The molecule has 0 aliphatic rings. The summed E-state index contributed by atoms with van der Waals surface area (Å²) >= 11 is 12.4. The van der Waals surface area contributed by atoms with E-state index in [4.69, 9.17) is 30.8 Å². The molecule has 0 fully saturated rings. The Kier molecular flexibility index (Phi) is 7.99. The fourth-order valence-electron chi connectivity index (χ4n) is 2.57. The monoisotopic (exact) mass is 558 g/mol. The Morgan fingerprint density at radius 2 is 1.50 bits per heavy atom. The number of nitrogens with zero attached hydrogens (tertiary/aromatic N) is 4. The second-order valence-electron chi connectivity index (χ2n) is 5.69. The van der Waals surface area contributed by atoms with Gasteiger partial charge in [-0.15, -0.1) is 0 Å². The molecule has 4 rings (SSSR count). The van der Waals surface area contributed by atoms with E-state index < -0.39 is 0 Å². The molecule has 30 heavy (non-hydrogen) atoms. The predicted octanol–water partition coefficient (Wildman–Crippen LogP) is 6.62. The smallest absolute Gasteiger partial charge is 0.192 e. The second-order valence-corrected chi connectivity index (χ2v) is 7.75. The standard InChI is InChI=1S/C9H6BrClN2O2.C9H7BrN2O2.CH4/c1-4-12-7-5(9(11)13-14)2-3-6(10)8(7)15-4;1-5-12-8-6(4-11-13)2-3-7(10)9(8)14-5;/h2-3,14H,1H3;2-4,13H,1H3;1H4/b13-9-;11-4+;. The van der Waals surface area contributed by atoms with Crippen molar-refractivity contribution in [3.63, 3.8) is 0 Å². The number of oxazole rings is 2. The maximum atomic E-state index is 8.61. The van der Waals surface area contributed by atoms with E-state index in [1.807, 2.05) is 6.07 Å². The van der Waals surface area contributed by atoms with Crippen LogP contribution in [-0.4, -0.2) is 31.8 Å². The number of aryl methyl sites for hydroxylation is 2. The molecule has 0 saturated heterocycles. The molecular weight excluding hydrogens is 543 g/mol. The minimum Gasteiger partial charge on any atom is -0.440 e. The molecule has 2 aromatic heterocycles. The van der Waals surface area contributed by atoms with Crippen molar-refractivity contribution in [1.82, 2.24) is 9.97 Å². The van der Waals surface area contributed by atoms with Gasteiger partial charge >= 0.3 is 0 Å². The van der Waals surface area contributed by atoms with Crippen LogP contribution in [0.15, 0.2) is 52.4 Å². The SMILES string of the molecule is C.Cc1nc2c(/C(Cl)=N/O)ccc(Br)c2o1.Cc1nc2c(/C=N/O)ccc(Br)c2o1. The van der Waals surface area contributed by atoms with Crippen LogP contribution in [0.25, 0.3) is 22.2 Å². The van der Waals surface area contributed by atoms with E-state index in [1.165, 1.54) is 6.21 Å². The molecule has 0 aliphatic carbocycles. The zero-order chi connectivity index (χ0) is 21.1. The van der Waals surface area contributed by atoms with Crippen LogP contribution < -0.4 is 0 Å². The van der Waals surface area contributed by atoms with E-state index in [9.17, 15) is 0 Å². The molecule has 0 saturated carbocycles. The first-order valence-corrected chi connectivity index (χ1v) is 9.98. The molecule has 0 spiro atoms. The van der Waals surface area contributed by atoms with Gasteiger partial charge in [-0.3, -0.25) is 0 Å². The van der Waals surface area contributed by atoms with Gasteiger partial charge in [0.15, 0.2) is 28.1 Å². The maximum absolute atomic E-state index is 8.61. The summed E-state index contributed by atoms with van der Waals surface area (Å²) in [7, 11) is 0. The molecule has 11 heteroatoms. The Hall–Kier alpha value is -2.43. The van der Waals surface area contributed by atoms with Crippen molar-refractivity contribution in [2.45, 2.75) is 21.3 Å². The lowest BCUT2D eigenvalue weighted by atomic mass is 10.2. The van der Waals surface area contributed by atoms with Gasteiger partial charge in [0.2, 0.25) is 0 Å². The van der Waals surface area contributed by atoms with E-state index in [0.717, 1.165) is 14.5 Å². The van der Waals surface area contributed by atoms with E-state index in [1.54, 1.807) is 32.0 Å². The van der Waals surface area contributed by atoms with Gasteiger partial charge in [0.25, 0.3) is 0 Å². The summed E-state index contributed by atoms with van der Waals surface area (Å²) in [6.45, 7) is 3.51. The van der Waals surface area contributed by atoms with Crippen LogP contribution in [0.3, 0.4) is 0 Å². The van der Waals surface area contributed by atoms with Gasteiger partial charge < -0.3 is 19.2 Å². The molecule has 0 atom stereocenters. The number of aromatic nitrogens is 2. The highest BCUT2D eigenvalue weighted by Gasteiger charge is 2.14. The summed E-state index contributed by atoms with van der Waals surface area (Å²) < 4.78 is 12.4. The number of hydrogen-bond donors (Lipinski definition) is 2. The first-order valence-electron chi connectivity index (χ1n) is 8.02. The van der Waals surface area contributed by atoms with Crippen molar-refractivity contribution in [3.8, 4) is 0 Å². The van der Waals surface area contributed by atoms with Gasteiger partial charge in [-0.1, -0.05) is 29.3 Å². The van der Waals surface area contributed by atoms with Gasteiger partial charge in [-0.05, 0) is 56.1 Å². The van der Waals surface area contributed by atoms with E-state index in [2.05, 4.69) is 52.1 Å². The molecule has 2 N–H and O–H groups in total. The van der Waals surface area contributed by atoms with Gasteiger partial charge in [0.05, 0.1) is 15.2 Å². The van der Waals surface area contributed by atoms with Crippen LogP contribution in [0, 0.1) is 13.8 Å². The molecule has 4 aromatic rings. The van der Waals surface area contributed by atoms with Crippen LogP contribution in [0.1, 0.15) is 30.3 Å². The Bertz CT molecular complexity index is 1250. The fraction of sp³-hybridized carbons (Fsp3) is 0.158. The Balaban J connectivity index is 0.000000207. The second kappa shape index (κ2) is 10.1. The zero-order valence-electron chi connectivity index (χ0n) is 15.0. The van der Waals surface area contributed by atoms with Crippen LogP contribution >= 0.6 is 43.5 Å². The molecule has 0 unspecified atom stereocenters. The van der Waals surface area contributed by atoms with Crippen LogP contribution in [-0.2, 0) is 0 Å². The van der Waals surface area contributed by atoms with Crippen molar-refractivity contribution in [3.05, 3.63) is 56.1 Å². The van der Waals surface area contributed by atoms with Crippen molar-refractivity contribution in [2.24, 2.45) is 10.3 Å². The topological polar surface area (TPSA) is 117 Å². The van der Waals surface area contributed by atoms with Crippen molar-refractivity contribution in [1.29, 1.82) is 0 Å². The molecular formula is C19H17Br2ClN4O4. The third kappa shape index (κ3) is 4.82. The number of hydrogen-bond acceptors (Lipinski definition) is 8. The van der Waals surface area contributed by atoms with E-state index in [-0.39, 0.29) is 12.6 Å². The lowest BCUT2D eigenvalue weighted by molar-refractivity contribution is 0.321. The average molecular weight is 561 g/mol. The number of fused-ring (bicyclic) bond motifs is 2. The van der Waals surface area contributed by atoms with Gasteiger partial charge in [0.1, 0.15) is 11.0 Å². The van der Waals surface area contributed by atoms with Gasteiger partial charge in [0, 0.05) is 25.0 Å². The Morgan fingerprint density at radius 1 is 0.967 bits per heavy atom. The molecule has 0 amide bonds. The van der Waals surface area contributed by atoms with Crippen molar-refractivity contribution in [2.75, 3.05) is 0 Å². The number of rotatable bonds is 2. The summed E-state index contributed by atoms with van der Waals surface area (Å²) in [6, 6.07) is 7.09. The first-order chi connectivity index (χ1) is 13.8. The van der Waals surface area contributed by atoms with Crippen molar-refractivity contribution >= 4 is 77.0 Å². The summed E-state index contributed by atoms with van der Waals surface area (Å²) in [5.41, 5.74) is 3.78. The Labute approximate surface area is 193 Å². The Morgan fingerprint density at radius 3 is 2.07 bits per heavy atom. The minimum absolute atomic E-state index is 0. The maximum Gasteiger partial charge on any atom is 0.192 e. The summed E-state index contributed by atoms with van der Waals surface area (Å²) in [5.74, 6) is 1.11. The molecule has 8 nitrogen and oxygen atoms in total. The molecule has 2 aromatic carbocycles. The van der Waals surface area contributed by atoms with Gasteiger partial charge in [-0.25, -0.2) is 9.97 Å². The zero-order valence-corrected chi connectivity index (χ0v) is 18.9. The molecule has 0 bridgehead atoms. The van der Waals surface area contributed by atoms with Crippen molar-refractivity contribution < 1.29 is 19.2 Å². The summed E-state index contributed by atoms with van der Waals surface area (Å²) in [6.07, 6.45) is 1.33. The lowest BCUT2D eigenvalue weighted by Gasteiger charge is -1.98. The van der Waals surface area contributed by atoms with Crippen LogP contribution in [0.4, 0.5) is 0 Å². The quantitative estimate of drug-likeness (QED) is 0.162. The lowest BCUT2D eigenvalue weighted by Crippen LogP contribution is -1.92. The number of halogens is 3. The molecule has 0 radical (unpaired) electrons. The predicted molar refractivity (Wildman–Crippen MR) is 123 cm³/mol. The summed E-state index contributed by atoms with van der Waals surface area (Å²) in [5, 5.41) is 23.0. The third-order valence-corrected chi connectivity index (χ3v) is 5.27. The van der Waals surface area contributed by atoms with E-state index in [0.29, 0.717) is 39.5 Å². The molecule has 158 valence electrons. The highest BCUT2D eigenvalue weighted by molar-refractivity contribution is 9.11. The molecule has 0 aliphatic heterocycles. The van der Waals surface area contributed by atoms with E-state index >= 15 is 0 Å². The third-order valence-electron chi connectivity index (χ3n) is 3.74. The minimum atomic E-state index is -0.0131. The summed E-state index contributed by atoms with van der Waals surface area (Å²) in [4.78, 5) is 8.36. The normalized spacial score (nSPS) is 11.6. The average Bonchev–Trinajstić information content (AvgIpc) is 3.28. The molecule has 2 heterocycles. The highest BCUT2D eigenvalue weighted by Crippen LogP contribution is 2.28. The van der Waals surface area contributed by atoms with Crippen LogP contribution in [0.5, 0.6) is 0 Å². The fourth-order valence-corrected chi connectivity index (χ4v) is 3.53. The highest BCUT2D eigenvalue weighted by atomic mass is 79.9. The van der Waals surface area contributed by atoms with Crippen LogP contribution in [0.2, 0.25) is 0 Å². The number of oxime groups is 2.